The maximum atomic E-state index is 5.60. The van der Waals surface area contributed by atoms with Gasteiger partial charge in [0.15, 0.2) is 9.76 Å². The van der Waals surface area contributed by atoms with Gasteiger partial charge in [0.05, 0.1) is 6.23 Å². The van der Waals surface area contributed by atoms with Crippen LogP contribution >= 0.6 is 0 Å². The van der Waals surface area contributed by atoms with Crippen molar-refractivity contribution in [3.8, 4) is 0 Å². The van der Waals surface area contributed by atoms with Crippen molar-refractivity contribution in [3.05, 3.63) is 0 Å². The summed E-state index contributed by atoms with van der Waals surface area (Å²) in [6.07, 6.45) is 6.87. The summed E-state index contributed by atoms with van der Waals surface area (Å²) >= 11 is 0. The quantitative estimate of drug-likeness (QED) is 0.482. The molecule has 0 N–H and O–H groups in total. The van der Waals surface area contributed by atoms with E-state index in [1.807, 2.05) is 0 Å². The van der Waals surface area contributed by atoms with Crippen molar-refractivity contribution < 1.29 is 9.16 Å². The van der Waals surface area contributed by atoms with Crippen LogP contribution in [0.15, 0.2) is 0 Å². The van der Waals surface area contributed by atoms with Gasteiger partial charge in [-0.3, -0.25) is 0 Å². The Morgan fingerprint density at radius 2 is 2.00 bits per heavy atom. The summed E-state index contributed by atoms with van der Waals surface area (Å²) in [6.45, 7) is 5.16. The van der Waals surface area contributed by atoms with Crippen LogP contribution in [0.1, 0.15) is 39.5 Å². The van der Waals surface area contributed by atoms with Gasteiger partial charge in [0.25, 0.3) is 0 Å². The number of hydrogen-bond donors (Lipinski definition) is 0. The van der Waals surface area contributed by atoms with Gasteiger partial charge in [-0.05, 0) is 32.6 Å². The smallest absolute Gasteiger partial charge is 0.187 e. The van der Waals surface area contributed by atoms with E-state index >= 15 is 0 Å². The van der Waals surface area contributed by atoms with Crippen LogP contribution in [0.5, 0.6) is 0 Å². The summed E-state index contributed by atoms with van der Waals surface area (Å²) in [5.41, 5.74) is 0. The molecular formula is C10H22O2Si. The maximum Gasteiger partial charge on any atom is 0.187 e. The van der Waals surface area contributed by atoms with Gasteiger partial charge in [0.1, 0.15) is 0 Å². The molecule has 0 unspecified atom stereocenters. The fraction of sp³-hybridized carbons (Fsp3) is 1.00. The second-order valence-corrected chi connectivity index (χ2v) is 5.29. The van der Waals surface area contributed by atoms with Crippen LogP contribution in [-0.2, 0) is 9.16 Å². The Morgan fingerprint density at radius 3 is 2.62 bits per heavy atom. The molecule has 0 saturated heterocycles. The second-order valence-electron chi connectivity index (χ2n) is 4.14. The van der Waals surface area contributed by atoms with Crippen molar-refractivity contribution in [2.45, 2.75) is 45.6 Å². The van der Waals surface area contributed by atoms with Crippen molar-refractivity contribution in [3.63, 3.8) is 0 Å². The van der Waals surface area contributed by atoms with E-state index in [2.05, 4.69) is 13.8 Å². The van der Waals surface area contributed by atoms with E-state index in [9.17, 15) is 0 Å². The van der Waals surface area contributed by atoms with Gasteiger partial charge in [-0.1, -0.05) is 12.8 Å². The Kier molecular flexibility index (Phi) is 5.67. The molecule has 0 atom stereocenters. The highest BCUT2D eigenvalue weighted by molar-refractivity contribution is 6.26. The van der Waals surface area contributed by atoms with Gasteiger partial charge in [-0.25, -0.2) is 0 Å². The van der Waals surface area contributed by atoms with Crippen LogP contribution in [0.25, 0.3) is 0 Å². The predicted molar refractivity (Wildman–Crippen MR) is 57.5 cm³/mol. The first-order valence-corrected chi connectivity index (χ1v) is 7.06. The average Bonchev–Trinajstić information content (AvgIpc) is 2.55. The molecule has 2 nitrogen and oxygen atoms in total. The molecule has 0 bridgehead atoms. The second kappa shape index (κ2) is 6.57. The molecule has 3 heteroatoms. The van der Waals surface area contributed by atoms with E-state index < -0.39 is 9.76 Å². The SMILES string of the molecule is CC(C)O[SiH2]COCC1CCCC1. The third kappa shape index (κ3) is 5.44. The summed E-state index contributed by atoms with van der Waals surface area (Å²) < 4.78 is 11.1. The zero-order chi connectivity index (χ0) is 9.52. The average molecular weight is 202 g/mol. The Bertz CT molecular complexity index is 122. The molecule has 13 heavy (non-hydrogen) atoms. The van der Waals surface area contributed by atoms with Crippen molar-refractivity contribution in [1.82, 2.24) is 0 Å². The molecule has 0 aromatic heterocycles. The molecule has 0 aliphatic heterocycles. The van der Waals surface area contributed by atoms with E-state index in [1.54, 1.807) is 0 Å². The Balaban J connectivity index is 1.83. The van der Waals surface area contributed by atoms with Crippen molar-refractivity contribution in [2.75, 3.05) is 12.8 Å². The Labute approximate surface area is 83.9 Å². The fourth-order valence-corrected chi connectivity index (χ4v) is 2.62. The lowest BCUT2D eigenvalue weighted by molar-refractivity contribution is 0.123. The normalized spacial score (nSPS) is 19.6. The van der Waals surface area contributed by atoms with Crippen molar-refractivity contribution >= 4 is 9.76 Å². The van der Waals surface area contributed by atoms with Crippen LogP contribution in [0.4, 0.5) is 0 Å². The molecule has 0 heterocycles. The summed E-state index contributed by atoms with van der Waals surface area (Å²) in [5, 5.41) is 0. The molecule has 1 rings (SSSR count). The van der Waals surface area contributed by atoms with E-state index in [-0.39, 0.29) is 0 Å². The maximum absolute atomic E-state index is 5.60. The fourth-order valence-electron chi connectivity index (χ4n) is 1.77. The minimum absolute atomic E-state index is 0.391. The highest BCUT2D eigenvalue weighted by Gasteiger charge is 2.14. The highest BCUT2D eigenvalue weighted by atomic mass is 28.2. The summed E-state index contributed by atoms with van der Waals surface area (Å²) in [5.74, 6) is 0.855. The molecule has 0 radical (unpaired) electrons. The molecule has 1 saturated carbocycles. The van der Waals surface area contributed by atoms with Gasteiger partial charge in [0, 0.05) is 12.7 Å². The summed E-state index contributed by atoms with van der Waals surface area (Å²) in [6, 6.07) is 0. The van der Waals surface area contributed by atoms with Gasteiger partial charge < -0.3 is 9.16 Å². The van der Waals surface area contributed by atoms with E-state index in [0.717, 1.165) is 18.8 Å². The lowest BCUT2D eigenvalue weighted by Crippen LogP contribution is -2.15. The minimum atomic E-state index is -0.396. The predicted octanol–water partition coefficient (Wildman–Crippen LogP) is 1.66. The van der Waals surface area contributed by atoms with Crippen LogP contribution in [0.3, 0.4) is 0 Å². The lowest BCUT2D eigenvalue weighted by Gasteiger charge is -2.10. The summed E-state index contributed by atoms with van der Waals surface area (Å²) in [7, 11) is -0.396. The molecule has 1 fully saturated rings. The highest BCUT2D eigenvalue weighted by Crippen LogP contribution is 2.24. The number of ether oxygens (including phenoxy) is 1. The molecule has 0 spiro atoms. The largest absolute Gasteiger partial charge is 0.419 e. The van der Waals surface area contributed by atoms with Gasteiger partial charge in [-0.2, -0.15) is 0 Å². The number of hydrogen-bond acceptors (Lipinski definition) is 2. The zero-order valence-corrected chi connectivity index (χ0v) is 10.3. The lowest BCUT2D eigenvalue weighted by atomic mass is 10.1. The minimum Gasteiger partial charge on any atom is -0.419 e. The third-order valence-corrected chi connectivity index (χ3v) is 3.86. The molecule has 0 amide bonds. The third-order valence-electron chi connectivity index (χ3n) is 2.51. The monoisotopic (exact) mass is 202 g/mol. The standard InChI is InChI=1S/C10H22O2Si/c1-9(2)12-13-8-11-7-10-5-3-4-6-10/h9-10H,3-8,13H2,1-2H3. The number of rotatable bonds is 6. The topological polar surface area (TPSA) is 18.5 Å². The van der Waals surface area contributed by atoms with Crippen LogP contribution in [-0.4, -0.2) is 28.7 Å². The van der Waals surface area contributed by atoms with Crippen molar-refractivity contribution in [1.29, 1.82) is 0 Å². The zero-order valence-electron chi connectivity index (χ0n) is 8.92. The summed E-state index contributed by atoms with van der Waals surface area (Å²) in [4.78, 5) is 0. The Hall–Kier alpha value is 0.137. The molecule has 0 aromatic rings. The molecule has 78 valence electrons. The molecule has 1 aliphatic rings. The first kappa shape index (κ1) is 11.2. The van der Waals surface area contributed by atoms with Gasteiger partial charge in [0.2, 0.25) is 0 Å². The van der Waals surface area contributed by atoms with Crippen molar-refractivity contribution in [2.24, 2.45) is 5.92 Å². The van der Waals surface area contributed by atoms with Gasteiger partial charge in [-0.15, -0.1) is 0 Å². The van der Waals surface area contributed by atoms with Crippen LogP contribution in [0.2, 0.25) is 0 Å². The van der Waals surface area contributed by atoms with E-state index in [1.165, 1.54) is 25.7 Å². The molecular weight excluding hydrogens is 180 g/mol. The van der Waals surface area contributed by atoms with Crippen LogP contribution in [0, 0.1) is 5.92 Å². The van der Waals surface area contributed by atoms with Crippen LogP contribution < -0.4 is 0 Å². The Morgan fingerprint density at radius 1 is 1.31 bits per heavy atom. The molecule has 1 aliphatic carbocycles. The van der Waals surface area contributed by atoms with E-state index in [0.29, 0.717) is 6.10 Å². The molecule has 0 aromatic carbocycles. The van der Waals surface area contributed by atoms with E-state index in [4.69, 9.17) is 9.16 Å². The first-order valence-electron chi connectivity index (χ1n) is 5.48. The van der Waals surface area contributed by atoms with Gasteiger partial charge >= 0.3 is 0 Å². The first-order chi connectivity index (χ1) is 6.29.